The summed E-state index contributed by atoms with van der Waals surface area (Å²) in [7, 11) is 0. The molecule has 1 heterocycles. The van der Waals surface area contributed by atoms with Crippen LogP contribution in [0.1, 0.15) is 37.0 Å². The van der Waals surface area contributed by atoms with Crippen LogP contribution in [0.5, 0.6) is 0 Å². The van der Waals surface area contributed by atoms with Crippen molar-refractivity contribution < 1.29 is 9.90 Å². The summed E-state index contributed by atoms with van der Waals surface area (Å²) in [6.45, 7) is 4.31. The van der Waals surface area contributed by atoms with Gasteiger partial charge in [-0.25, -0.2) is 4.79 Å². The first-order valence-electron chi connectivity index (χ1n) is 5.70. The summed E-state index contributed by atoms with van der Waals surface area (Å²) in [4.78, 5) is 22.1. The highest BCUT2D eigenvalue weighted by Crippen LogP contribution is 2.20. The lowest BCUT2D eigenvalue weighted by molar-refractivity contribution is 0.0694. The summed E-state index contributed by atoms with van der Waals surface area (Å²) in [5.41, 5.74) is -1.09. The van der Waals surface area contributed by atoms with E-state index in [0.717, 1.165) is 12.8 Å². The summed E-state index contributed by atoms with van der Waals surface area (Å²) >= 11 is 0. The number of carbonyl (C=O) groups is 1. The minimum atomic E-state index is -1.22. The van der Waals surface area contributed by atoms with Crippen LogP contribution in [-0.4, -0.2) is 15.6 Å². The SMILES string of the molecule is CC(C)(C#N)CCCn1ccc(=O)c(C(=O)O)c1. The predicted molar refractivity (Wildman–Crippen MR) is 66.3 cm³/mol. The van der Waals surface area contributed by atoms with Crippen LogP contribution in [0.3, 0.4) is 0 Å². The van der Waals surface area contributed by atoms with E-state index in [1.165, 1.54) is 12.3 Å². The minimum absolute atomic E-state index is 0.225. The van der Waals surface area contributed by atoms with Crippen LogP contribution in [-0.2, 0) is 6.54 Å². The van der Waals surface area contributed by atoms with Crippen molar-refractivity contribution in [3.63, 3.8) is 0 Å². The molecule has 1 N–H and O–H groups in total. The van der Waals surface area contributed by atoms with Crippen molar-refractivity contribution in [2.45, 2.75) is 33.2 Å². The lowest BCUT2D eigenvalue weighted by Crippen LogP contribution is -2.17. The highest BCUT2D eigenvalue weighted by Gasteiger charge is 2.15. The molecule has 0 atom stereocenters. The van der Waals surface area contributed by atoms with E-state index >= 15 is 0 Å². The van der Waals surface area contributed by atoms with Gasteiger partial charge in [-0.15, -0.1) is 0 Å². The standard InChI is InChI=1S/C13H16N2O3/c1-13(2,9-14)5-3-6-15-7-4-11(16)10(8-15)12(17)18/h4,7-8H,3,5-6H2,1-2H3,(H,17,18). The fourth-order valence-corrected chi connectivity index (χ4v) is 1.58. The lowest BCUT2D eigenvalue weighted by Gasteiger charge is -2.15. The van der Waals surface area contributed by atoms with E-state index in [-0.39, 0.29) is 11.0 Å². The van der Waals surface area contributed by atoms with Crippen LogP contribution in [0, 0.1) is 16.7 Å². The van der Waals surface area contributed by atoms with Crippen LogP contribution in [0.4, 0.5) is 0 Å². The maximum absolute atomic E-state index is 11.3. The van der Waals surface area contributed by atoms with E-state index in [9.17, 15) is 9.59 Å². The molecule has 18 heavy (non-hydrogen) atoms. The van der Waals surface area contributed by atoms with Gasteiger partial charge in [-0.1, -0.05) is 0 Å². The maximum atomic E-state index is 11.3. The van der Waals surface area contributed by atoms with Crippen molar-refractivity contribution in [1.29, 1.82) is 5.26 Å². The Morgan fingerprint density at radius 2 is 2.22 bits per heavy atom. The van der Waals surface area contributed by atoms with Gasteiger partial charge in [0.25, 0.3) is 0 Å². The lowest BCUT2D eigenvalue weighted by atomic mass is 9.90. The number of aryl methyl sites for hydroxylation is 1. The largest absolute Gasteiger partial charge is 0.477 e. The summed E-state index contributed by atoms with van der Waals surface area (Å²) < 4.78 is 1.66. The highest BCUT2D eigenvalue weighted by molar-refractivity contribution is 5.86. The Labute approximate surface area is 105 Å². The zero-order valence-electron chi connectivity index (χ0n) is 10.5. The van der Waals surface area contributed by atoms with Crippen molar-refractivity contribution in [3.8, 4) is 6.07 Å². The minimum Gasteiger partial charge on any atom is -0.477 e. The number of nitriles is 1. The first-order chi connectivity index (χ1) is 8.35. The molecule has 0 aromatic carbocycles. The second-order valence-corrected chi connectivity index (χ2v) is 4.86. The zero-order valence-corrected chi connectivity index (χ0v) is 10.5. The molecule has 0 amide bonds. The molecule has 0 aliphatic carbocycles. The third-order valence-electron chi connectivity index (χ3n) is 2.73. The van der Waals surface area contributed by atoms with E-state index in [2.05, 4.69) is 6.07 Å². The summed E-state index contributed by atoms with van der Waals surface area (Å²) in [6, 6.07) is 3.46. The fourth-order valence-electron chi connectivity index (χ4n) is 1.58. The van der Waals surface area contributed by atoms with Crippen LogP contribution in [0.2, 0.25) is 0 Å². The van der Waals surface area contributed by atoms with Gasteiger partial charge in [-0.3, -0.25) is 4.79 Å². The summed E-state index contributed by atoms with van der Waals surface area (Å²) in [5.74, 6) is -1.22. The average molecular weight is 248 g/mol. The monoisotopic (exact) mass is 248 g/mol. The van der Waals surface area contributed by atoms with E-state index in [0.29, 0.717) is 6.54 Å². The molecule has 96 valence electrons. The first-order valence-corrected chi connectivity index (χ1v) is 5.70. The molecular weight excluding hydrogens is 232 g/mol. The number of aromatic nitrogens is 1. The first kappa shape index (κ1) is 14.0. The Balaban J connectivity index is 2.70. The van der Waals surface area contributed by atoms with Gasteiger partial charge in [-0.05, 0) is 26.7 Å². The maximum Gasteiger partial charge on any atom is 0.341 e. The van der Waals surface area contributed by atoms with Gasteiger partial charge in [-0.2, -0.15) is 5.26 Å². The number of hydrogen-bond donors (Lipinski definition) is 1. The molecule has 5 heteroatoms. The van der Waals surface area contributed by atoms with Crippen molar-refractivity contribution >= 4 is 5.97 Å². The van der Waals surface area contributed by atoms with Crippen LogP contribution < -0.4 is 5.43 Å². The van der Waals surface area contributed by atoms with E-state index in [1.807, 2.05) is 13.8 Å². The third kappa shape index (κ3) is 3.74. The Morgan fingerprint density at radius 1 is 1.56 bits per heavy atom. The van der Waals surface area contributed by atoms with Crippen molar-refractivity contribution in [3.05, 3.63) is 34.2 Å². The fraction of sp³-hybridized carbons (Fsp3) is 0.462. The number of carboxylic acid groups (broad SMARTS) is 1. The molecule has 0 aliphatic heterocycles. The van der Waals surface area contributed by atoms with Crippen molar-refractivity contribution in [2.75, 3.05) is 0 Å². The summed E-state index contributed by atoms with van der Waals surface area (Å²) in [6.07, 6.45) is 4.37. The number of hydrogen-bond acceptors (Lipinski definition) is 3. The van der Waals surface area contributed by atoms with E-state index in [4.69, 9.17) is 10.4 Å². The average Bonchev–Trinajstić information content (AvgIpc) is 2.31. The van der Waals surface area contributed by atoms with Gasteiger partial charge in [0.1, 0.15) is 5.56 Å². The molecule has 5 nitrogen and oxygen atoms in total. The molecule has 0 saturated carbocycles. The number of carboxylic acids is 1. The zero-order chi connectivity index (χ0) is 13.8. The smallest absolute Gasteiger partial charge is 0.341 e. The number of pyridine rings is 1. The second-order valence-electron chi connectivity index (χ2n) is 4.86. The topological polar surface area (TPSA) is 83.1 Å². The van der Waals surface area contributed by atoms with Gasteiger partial charge in [0.05, 0.1) is 11.5 Å². The predicted octanol–water partition coefficient (Wildman–Crippen LogP) is 1.88. The molecule has 0 fully saturated rings. The third-order valence-corrected chi connectivity index (χ3v) is 2.73. The van der Waals surface area contributed by atoms with E-state index in [1.54, 1.807) is 10.8 Å². The molecule has 0 unspecified atom stereocenters. The molecule has 1 aromatic rings. The molecule has 0 bridgehead atoms. The molecule has 0 saturated heterocycles. The van der Waals surface area contributed by atoms with E-state index < -0.39 is 11.4 Å². The van der Waals surface area contributed by atoms with Crippen LogP contribution >= 0.6 is 0 Å². The number of nitrogens with zero attached hydrogens (tertiary/aromatic N) is 2. The van der Waals surface area contributed by atoms with Crippen LogP contribution in [0.15, 0.2) is 23.3 Å². The van der Waals surface area contributed by atoms with Gasteiger partial charge < -0.3 is 9.67 Å². The Kier molecular flexibility index (Phi) is 4.27. The molecule has 0 radical (unpaired) electrons. The Hall–Kier alpha value is -2.09. The molecular formula is C13H16N2O3. The second kappa shape index (κ2) is 5.50. The number of rotatable bonds is 5. The summed E-state index contributed by atoms with van der Waals surface area (Å²) in [5, 5.41) is 17.7. The normalized spacial score (nSPS) is 10.9. The van der Waals surface area contributed by atoms with Gasteiger partial charge >= 0.3 is 5.97 Å². The van der Waals surface area contributed by atoms with Gasteiger partial charge in [0.15, 0.2) is 5.43 Å². The van der Waals surface area contributed by atoms with Crippen molar-refractivity contribution in [1.82, 2.24) is 4.57 Å². The highest BCUT2D eigenvalue weighted by atomic mass is 16.4. The Bertz CT molecular complexity index is 538. The van der Waals surface area contributed by atoms with Gasteiger partial charge in [0, 0.05) is 25.0 Å². The number of aromatic carboxylic acids is 1. The quantitative estimate of drug-likeness (QED) is 0.862. The molecule has 0 spiro atoms. The van der Waals surface area contributed by atoms with Crippen molar-refractivity contribution in [2.24, 2.45) is 5.41 Å². The van der Waals surface area contributed by atoms with Gasteiger partial charge in [0.2, 0.25) is 0 Å². The molecule has 1 rings (SSSR count). The van der Waals surface area contributed by atoms with Crippen LogP contribution in [0.25, 0.3) is 0 Å². The molecule has 0 aliphatic rings. The Morgan fingerprint density at radius 3 is 2.78 bits per heavy atom. The molecule has 1 aromatic heterocycles.